The summed E-state index contributed by atoms with van der Waals surface area (Å²) in [7, 11) is -0.651. The minimum atomic E-state index is -3.69. The van der Waals surface area contributed by atoms with Gasteiger partial charge in [0.1, 0.15) is 11.9 Å². The highest BCUT2D eigenvalue weighted by atomic mass is 35.5. The summed E-state index contributed by atoms with van der Waals surface area (Å²) in [5, 5.41) is 7.36. The molecule has 8 rings (SSSR count). The van der Waals surface area contributed by atoms with Crippen molar-refractivity contribution in [3.05, 3.63) is 86.9 Å². The van der Waals surface area contributed by atoms with Crippen LogP contribution in [0.1, 0.15) is 64.4 Å². The first-order chi connectivity index (χ1) is 26.0. The number of fused-ring (bicyclic) bond motifs is 5. The van der Waals surface area contributed by atoms with E-state index in [4.69, 9.17) is 30.5 Å². The molecule has 54 heavy (non-hydrogen) atoms. The Morgan fingerprint density at radius 3 is 2.81 bits per heavy atom. The number of methoxy groups -OCH3 is 1. The summed E-state index contributed by atoms with van der Waals surface area (Å²) in [5.41, 5.74) is 3.36. The molecule has 4 heterocycles. The second kappa shape index (κ2) is 14.8. The topological polar surface area (TPSA) is 126 Å². The Morgan fingerprint density at radius 2 is 2.00 bits per heavy atom. The Bertz CT molecular complexity index is 2200. The van der Waals surface area contributed by atoms with Gasteiger partial charge in [-0.15, -0.1) is 9.46 Å². The van der Waals surface area contributed by atoms with E-state index in [-0.39, 0.29) is 34.3 Å². The van der Waals surface area contributed by atoms with Crippen LogP contribution in [0.4, 0.5) is 5.69 Å². The molecule has 3 aliphatic heterocycles. The van der Waals surface area contributed by atoms with Gasteiger partial charge < -0.3 is 23.8 Å². The van der Waals surface area contributed by atoms with Gasteiger partial charge in [-0.1, -0.05) is 36.7 Å². The van der Waals surface area contributed by atoms with E-state index >= 15 is 0 Å². The fraction of sp³-hybridized carbons (Fsp3) is 0.500. The van der Waals surface area contributed by atoms with E-state index in [1.165, 1.54) is 29.1 Å². The van der Waals surface area contributed by atoms with Crippen molar-refractivity contribution in [3.63, 3.8) is 0 Å². The smallest absolute Gasteiger partial charge is 0.490 e. The number of carbonyl (C=O) groups is 2. The largest absolute Gasteiger partial charge is 0.555 e. The third kappa shape index (κ3) is 7.17. The summed E-state index contributed by atoms with van der Waals surface area (Å²) in [4.78, 5) is 33.7. The van der Waals surface area contributed by atoms with Crippen LogP contribution in [-0.2, 0) is 38.1 Å². The van der Waals surface area contributed by atoms with Crippen molar-refractivity contribution >= 4 is 38.8 Å². The standard InChI is InChI=1S/C40H45ClN5O7S/c1-25-21-54(49,24-42-38(48)31-20-45(2)43-39(31)50-3)44-37(47)28-9-12-34-33(18-28)46(19-29-7-6-26(29)8-13-35-36(25)52-16-15-51-35)22-40(23-53-34)14-4-5-27-17-30(41)10-11-32(27)40/h8-13,17-18,20,25-26,29,35-36H,4-7,14-16,19,21-23H2,1-3H3/q+1/b13-8+/t25-,26+,29+,35-,36-,40+,54?/m1/s1. The SMILES string of the molecule is COc1nn(C)cc1C(=O)[N+]#CS1(=O)=NC(=O)c2ccc3c(c2)N(C[C@@H]2CC[C@H]2/C=C/[C@H]2OCCO[C@@H]2[C@H](C)C1)C[C@@]1(CCCc2cc(Cl)ccc21)CO3. The summed E-state index contributed by atoms with van der Waals surface area (Å²) in [6.45, 7) is 4.65. The maximum absolute atomic E-state index is 14.7. The fourth-order valence-electron chi connectivity index (χ4n) is 8.74. The molecule has 0 N–H and O–H groups in total. The van der Waals surface area contributed by atoms with Gasteiger partial charge in [0.15, 0.2) is 15.3 Å². The van der Waals surface area contributed by atoms with E-state index in [9.17, 15) is 13.8 Å². The third-order valence-corrected chi connectivity index (χ3v) is 13.6. The first kappa shape index (κ1) is 36.7. The van der Waals surface area contributed by atoms with E-state index in [2.05, 4.69) is 48.9 Å². The quantitative estimate of drug-likeness (QED) is 0.218. The molecule has 1 saturated heterocycles. The molecular formula is C40H45ClN5O7S+. The molecule has 2 bridgehead atoms. The highest BCUT2D eigenvalue weighted by Crippen LogP contribution is 2.46. The zero-order chi connectivity index (χ0) is 37.6. The Hall–Kier alpha value is -4.22. The van der Waals surface area contributed by atoms with E-state index in [1.807, 2.05) is 19.1 Å². The number of thiocyanates is 1. The Balaban J connectivity index is 1.22. The molecule has 7 atom stereocenters. The van der Waals surface area contributed by atoms with Crippen molar-refractivity contribution in [1.29, 1.82) is 0 Å². The molecule has 1 unspecified atom stereocenters. The summed E-state index contributed by atoms with van der Waals surface area (Å²) in [5.74, 6) is -0.543. The first-order valence-corrected chi connectivity index (χ1v) is 20.7. The van der Waals surface area contributed by atoms with Gasteiger partial charge in [-0.25, -0.2) is 4.21 Å². The highest BCUT2D eigenvalue weighted by Gasteiger charge is 2.44. The molecule has 3 aromatic rings. The van der Waals surface area contributed by atoms with Crippen LogP contribution in [0.5, 0.6) is 11.6 Å². The number of halogens is 1. The Morgan fingerprint density at radius 1 is 1.15 bits per heavy atom. The second-order valence-corrected chi connectivity index (χ2v) is 17.7. The van der Waals surface area contributed by atoms with Gasteiger partial charge in [0, 0.05) is 47.2 Å². The van der Waals surface area contributed by atoms with Crippen LogP contribution in [0, 0.1) is 23.2 Å². The fourth-order valence-corrected chi connectivity index (χ4v) is 10.6. The monoisotopic (exact) mass is 774 g/mol. The van der Waals surface area contributed by atoms with Crippen LogP contribution in [0.3, 0.4) is 0 Å². The van der Waals surface area contributed by atoms with Crippen LogP contribution >= 0.6 is 11.6 Å². The second-order valence-electron chi connectivity index (χ2n) is 15.3. The Kier molecular flexibility index (Phi) is 10.1. The summed E-state index contributed by atoms with van der Waals surface area (Å²) < 4.78 is 44.8. The van der Waals surface area contributed by atoms with Crippen LogP contribution in [0.25, 0.3) is 4.85 Å². The molecule has 2 aliphatic carbocycles. The number of benzene rings is 2. The van der Waals surface area contributed by atoms with Gasteiger partial charge in [-0.2, -0.15) is 4.79 Å². The minimum Gasteiger partial charge on any atom is -0.490 e. The van der Waals surface area contributed by atoms with Crippen LogP contribution in [0.2, 0.25) is 5.02 Å². The molecule has 12 nitrogen and oxygen atoms in total. The van der Waals surface area contributed by atoms with E-state index in [0.29, 0.717) is 44.0 Å². The Labute approximate surface area is 320 Å². The third-order valence-electron chi connectivity index (χ3n) is 11.6. The maximum atomic E-state index is 14.7. The van der Waals surface area contributed by atoms with Crippen molar-refractivity contribution in [1.82, 2.24) is 9.78 Å². The summed E-state index contributed by atoms with van der Waals surface area (Å²) in [6.07, 6.45) is 10.0. The number of allylic oxidation sites excluding steroid dienone is 1. The van der Waals surface area contributed by atoms with E-state index in [0.717, 1.165) is 49.4 Å². The first-order valence-electron chi connectivity index (χ1n) is 18.6. The van der Waals surface area contributed by atoms with Crippen LogP contribution in [-0.4, -0.2) is 83.8 Å². The highest BCUT2D eigenvalue weighted by molar-refractivity contribution is 7.98. The lowest BCUT2D eigenvalue weighted by Gasteiger charge is -2.44. The number of rotatable bonds is 2. The molecule has 0 radical (unpaired) electrons. The van der Waals surface area contributed by atoms with Crippen molar-refractivity contribution < 1.29 is 32.7 Å². The molecule has 284 valence electrons. The molecule has 2 aromatic carbocycles. The van der Waals surface area contributed by atoms with Gasteiger partial charge in [0.25, 0.3) is 11.8 Å². The molecule has 1 aromatic heterocycles. The number of hydrogen-bond acceptors (Lipinski definition) is 9. The predicted octanol–water partition coefficient (Wildman–Crippen LogP) is 6.31. The lowest BCUT2D eigenvalue weighted by Crippen LogP contribution is -2.48. The zero-order valence-corrected chi connectivity index (χ0v) is 32.3. The van der Waals surface area contributed by atoms with Crippen molar-refractivity contribution in [2.24, 2.45) is 29.2 Å². The molecule has 2 fully saturated rings. The molecule has 2 amide bonds. The predicted molar refractivity (Wildman–Crippen MR) is 205 cm³/mol. The van der Waals surface area contributed by atoms with Crippen molar-refractivity contribution in [2.45, 2.75) is 56.7 Å². The van der Waals surface area contributed by atoms with Gasteiger partial charge in [0.05, 0.1) is 44.5 Å². The number of carbonyl (C=O) groups excluding carboxylic acids is 2. The number of aryl methyl sites for hydroxylation is 2. The number of ether oxygens (including phenoxy) is 4. The van der Waals surface area contributed by atoms with E-state index in [1.54, 1.807) is 19.2 Å². The van der Waals surface area contributed by atoms with Crippen LogP contribution < -0.4 is 14.4 Å². The van der Waals surface area contributed by atoms with Gasteiger partial charge in [-0.05, 0) is 91.3 Å². The molecule has 14 heteroatoms. The average Bonchev–Trinajstić information content (AvgIpc) is 3.47. The number of anilines is 1. The lowest BCUT2D eigenvalue weighted by atomic mass is 9.69. The minimum absolute atomic E-state index is 0.0671. The number of nitrogens with zero attached hydrogens (tertiary/aromatic N) is 5. The van der Waals surface area contributed by atoms with Gasteiger partial charge in [0.2, 0.25) is 0 Å². The number of amides is 2. The molecular weight excluding hydrogens is 730 g/mol. The van der Waals surface area contributed by atoms with Crippen molar-refractivity contribution in [2.75, 3.05) is 50.7 Å². The maximum Gasteiger partial charge on any atom is 0.555 e. The summed E-state index contributed by atoms with van der Waals surface area (Å²) >= 11 is 6.46. The molecule has 5 aliphatic rings. The molecule has 1 saturated carbocycles. The summed E-state index contributed by atoms with van der Waals surface area (Å²) in [6, 6.07) is 11.5. The lowest BCUT2D eigenvalue weighted by molar-refractivity contribution is -0.136. The van der Waals surface area contributed by atoms with Gasteiger partial charge >= 0.3 is 11.3 Å². The average molecular weight is 775 g/mol. The number of hydrogen-bond donors (Lipinski definition) is 0. The zero-order valence-electron chi connectivity index (χ0n) is 30.7. The van der Waals surface area contributed by atoms with Crippen molar-refractivity contribution in [3.8, 4) is 17.0 Å². The van der Waals surface area contributed by atoms with Gasteiger partial charge in [-0.3, -0.25) is 9.48 Å². The normalized spacial score (nSPS) is 31.1. The number of aromatic nitrogens is 2. The van der Waals surface area contributed by atoms with Crippen LogP contribution in [0.15, 0.2) is 59.1 Å². The van der Waals surface area contributed by atoms with E-state index < -0.39 is 33.6 Å². The molecule has 1 spiro atoms.